The summed E-state index contributed by atoms with van der Waals surface area (Å²) in [5.74, 6) is 0.644. The van der Waals surface area contributed by atoms with Crippen LogP contribution in [0.1, 0.15) is 25.1 Å². The van der Waals surface area contributed by atoms with Gasteiger partial charge in [-0.2, -0.15) is 0 Å². The van der Waals surface area contributed by atoms with Crippen LogP contribution in [0.3, 0.4) is 0 Å². The summed E-state index contributed by atoms with van der Waals surface area (Å²) in [7, 11) is -1.56. The molecule has 1 aromatic heterocycles. The van der Waals surface area contributed by atoms with Gasteiger partial charge < -0.3 is 15.6 Å². The Hall–Kier alpha value is -1.33. The Balaban J connectivity index is 0.00000364. The van der Waals surface area contributed by atoms with Crippen LogP contribution in [0, 0.1) is 6.92 Å². The highest BCUT2D eigenvalue weighted by atomic mass is 127. The minimum absolute atomic E-state index is 0. The van der Waals surface area contributed by atoms with Crippen molar-refractivity contribution in [2.24, 2.45) is 4.99 Å². The second-order valence-corrected chi connectivity index (χ2v) is 8.88. The zero-order valence-electron chi connectivity index (χ0n) is 16.5. The zero-order valence-corrected chi connectivity index (χ0v) is 19.7. The second kappa shape index (κ2) is 9.74. The molecule has 0 saturated heterocycles. The Kier molecular flexibility index (Phi) is 8.55. The lowest BCUT2D eigenvalue weighted by Gasteiger charge is -2.26. The molecule has 152 valence electrons. The minimum Gasteiger partial charge on any atom is -0.358 e. The number of hydrogen-bond donors (Lipinski definition) is 4. The molecular formula is C18H30IN5O2S. The molecule has 0 atom stereocenters. The van der Waals surface area contributed by atoms with Gasteiger partial charge in [0.25, 0.3) is 0 Å². The Morgan fingerprint density at radius 1 is 1.22 bits per heavy atom. The molecule has 0 aliphatic heterocycles. The molecule has 0 aliphatic carbocycles. The first-order chi connectivity index (χ1) is 12.1. The SMILES string of the molecule is CN=C(NCCc1c(C)[nH]c2ccccc12)NCC(C)(C)NS(C)(=O)=O.I. The molecule has 7 nitrogen and oxygen atoms in total. The van der Waals surface area contributed by atoms with Gasteiger partial charge in [0, 0.05) is 42.3 Å². The highest BCUT2D eigenvalue weighted by Crippen LogP contribution is 2.21. The van der Waals surface area contributed by atoms with Crippen LogP contribution in [-0.2, 0) is 16.4 Å². The van der Waals surface area contributed by atoms with Crippen LogP contribution in [-0.4, -0.2) is 51.3 Å². The number of guanidine groups is 1. The third-order valence-electron chi connectivity index (χ3n) is 4.08. The van der Waals surface area contributed by atoms with E-state index in [4.69, 9.17) is 0 Å². The Labute approximate surface area is 178 Å². The molecule has 2 aromatic rings. The number of aliphatic imine (C=N–C) groups is 1. The second-order valence-electron chi connectivity index (χ2n) is 7.13. The Morgan fingerprint density at radius 2 is 1.89 bits per heavy atom. The number of hydrogen-bond acceptors (Lipinski definition) is 3. The fourth-order valence-electron chi connectivity index (χ4n) is 3.03. The average molecular weight is 507 g/mol. The van der Waals surface area contributed by atoms with Gasteiger partial charge in [0.05, 0.1) is 6.26 Å². The molecule has 0 bridgehead atoms. The molecule has 0 saturated carbocycles. The summed E-state index contributed by atoms with van der Waals surface area (Å²) >= 11 is 0. The van der Waals surface area contributed by atoms with Gasteiger partial charge in [-0.15, -0.1) is 24.0 Å². The molecule has 1 aromatic carbocycles. The van der Waals surface area contributed by atoms with Crippen LogP contribution in [0.2, 0.25) is 0 Å². The van der Waals surface area contributed by atoms with E-state index in [1.54, 1.807) is 7.05 Å². The summed E-state index contributed by atoms with van der Waals surface area (Å²) in [4.78, 5) is 7.61. The molecule has 0 radical (unpaired) electrons. The maximum Gasteiger partial charge on any atom is 0.209 e. The van der Waals surface area contributed by atoms with E-state index in [1.807, 2.05) is 26.0 Å². The van der Waals surface area contributed by atoms with Crippen molar-refractivity contribution >= 4 is 50.9 Å². The van der Waals surface area contributed by atoms with E-state index >= 15 is 0 Å². The van der Waals surface area contributed by atoms with E-state index in [-0.39, 0.29) is 24.0 Å². The molecule has 4 N–H and O–H groups in total. The molecule has 0 unspecified atom stereocenters. The van der Waals surface area contributed by atoms with Gasteiger partial charge in [0.15, 0.2) is 5.96 Å². The van der Waals surface area contributed by atoms with Gasteiger partial charge in [0.2, 0.25) is 10.0 Å². The number of rotatable bonds is 7. The standard InChI is InChI=1S/C18H29N5O2S.HI/c1-13-14(15-8-6-7-9-16(15)22-13)10-11-20-17(19-4)21-12-18(2,3)23-26(5,24)25;/h6-9,22-23H,10-12H2,1-5H3,(H2,19,20,21);1H. The predicted octanol–water partition coefficient (Wildman–Crippen LogP) is 2.13. The molecular weight excluding hydrogens is 477 g/mol. The van der Waals surface area contributed by atoms with Gasteiger partial charge in [0.1, 0.15) is 0 Å². The van der Waals surface area contributed by atoms with Crippen molar-refractivity contribution in [3.63, 3.8) is 0 Å². The molecule has 0 amide bonds. The van der Waals surface area contributed by atoms with E-state index in [9.17, 15) is 8.42 Å². The van der Waals surface area contributed by atoms with Crippen LogP contribution in [0.15, 0.2) is 29.3 Å². The van der Waals surface area contributed by atoms with Crippen molar-refractivity contribution < 1.29 is 8.42 Å². The van der Waals surface area contributed by atoms with Gasteiger partial charge in [-0.3, -0.25) is 4.99 Å². The lowest BCUT2D eigenvalue weighted by molar-refractivity contribution is 0.446. The lowest BCUT2D eigenvalue weighted by Crippen LogP contribution is -2.53. The predicted molar refractivity (Wildman–Crippen MR) is 124 cm³/mol. The van der Waals surface area contributed by atoms with Gasteiger partial charge in [-0.25, -0.2) is 13.1 Å². The summed E-state index contributed by atoms with van der Waals surface area (Å²) in [6, 6.07) is 8.28. The molecule has 27 heavy (non-hydrogen) atoms. The number of aryl methyl sites for hydroxylation is 1. The third kappa shape index (κ3) is 7.30. The molecule has 9 heteroatoms. The lowest BCUT2D eigenvalue weighted by atomic mass is 10.1. The highest BCUT2D eigenvalue weighted by Gasteiger charge is 2.22. The molecule has 0 aliphatic rings. The van der Waals surface area contributed by atoms with Crippen molar-refractivity contribution in [3.05, 3.63) is 35.5 Å². The Bertz CT molecular complexity index is 890. The highest BCUT2D eigenvalue weighted by molar-refractivity contribution is 14.0. The van der Waals surface area contributed by atoms with E-state index in [1.165, 1.54) is 16.6 Å². The maximum atomic E-state index is 11.4. The first-order valence-electron chi connectivity index (χ1n) is 8.61. The van der Waals surface area contributed by atoms with E-state index in [2.05, 4.69) is 44.4 Å². The fraction of sp³-hybridized carbons (Fsp3) is 0.500. The minimum atomic E-state index is -3.26. The molecule has 0 fully saturated rings. The van der Waals surface area contributed by atoms with Crippen LogP contribution in [0.5, 0.6) is 0 Å². The molecule has 1 heterocycles. The quantitative estimate of drug-likeness (QED) is 0.262. The van der Waals surface area contributed by atoms with Crippen LogP contribution in [0.25, 0.3) is 10.9 Å². The van der Waals surface area contributed by atoms with Crippen molar-refractivity contribution in [2.45, 2.75) is 32.7 Å². The van der Waals surface area contributed by atoms with Crippen molar-refractivity contribution in [2.75, 3.05) is 26.4 Å². The van der Waals surface area contributed by atoms with Crippen molar-refractivity contribution in [3.8, 4) is 0 Å². The zero-order chi connectivity index (χ0) is 19.4. The third-order valence-corrected chi connectivity index (χ3v) is 5.00. The summed E-state index contributed by atoms with van der Waals surface area (Å²) in [6.07, 6.45) is 2.02. The van der Waals surface area contributed by atoms with E-state index in [0.717, 1.165) is 24.7 Å². The summed E-state index contributed by atoms with van der Waals surface area (Å²) in [6.45, 7) is 6.88. The maximum absolute atomic E-state index is 11.4. The first kappa shape index (κ1) is 23.7. The van der Waals surface area contributed by atoms with E-state index in [0.29, 0.717) is 12.5 Å². The smallest absolute Gasteiger partial charge is 0.209 e. The molecule has 2 rings (SSSR count). The van der Waals surface area contributed by atoms with Crippen LogP contribution < -0.4 is 15.4 Å². The Morgan fingerprint density at radius 3 is 2.52 bits per heavy atom. The van der Waals surface area contributed by atoms with Crippen LogP contribution >= 0.6 is 24.0 Å². The largest absolute Gasteiger partial charge is 0.358 e. The number of nitrogens with zero attached hydrogens (tertiary/aromatic N) is 1. The fourth-order valence-corrected chi connectivity index (χ4v) is 4.10. The average Bonchev–Trinajstić information content (AvgIpc) is 2.84. The molecule has 0 spiro atoms. The topological polar surface area (TPSA) is 98.4 Å². The van der Waals surface area contributed by atoms with Gasteiger partial charge in [-0.1, -0.05) is 18.2 Å². The number of nitrogens with one attached hydrogen (secondary N) is 4. The number of H-pyrrole nitrogens is 1. The van der Waals surface area contributed by atoms with Gasteiger partial charge >= 0.3 is 0 Å². The number of benzene rings is 1. The number of halogens is 1. The number of para-hydroxylation sites is 1. The van der Waals surface area contributed by atoms with Crippen LogP contribution in [0.4, 0.5) is 0 Å². The van der Waals surface area contributed by atoms with Gasteiger partial charge in [-0.05, 0) is 38.8 Å². The van der Waals surface area contributed by atoms with Crippen molar-refractivity contribution in [1.82, 2.24) is 20.3 Å². The number of sulfonamides is 1. The monoisotopic (exact) mass is 507 g/mol. The number of aromatic amines is 1. The first-order valence-corrected chi connectivity index (χ1v) is 10.5. The van der Waals surface area contributed by atoms with E-state index < -0.39 is 15.6 Å². The number of aromatic nitrogens is 1. The summed E-state index contributed by atoms with van der Waals surface area (Å²) in [5, 5.41) is 7.69. The number of fused-ring (bicyclic) bond motifs is 1. The normalized spacial score (nSPS) is 12.7. The summed E-state index contributed by atoms with van der Waals surface area (Å²) in [5.41, 5.74) is 3.01. The van der Waals surface area contributed by atoms with Crippen molar-refractivity contribution in [1.29, 1.82) is 0 Å². The summed E-state index contributed by atoms with van der Waals surface area (Å²) < 4.78 is 25.4.